The summed E-state index contributed by atoms with van der Waals surface area (Å²) in [5.41, 5.74) is -0.136. The molecule has 0 aromatic heterocycles. The van der Waals surface area contributed by atoms with Crippen LogP contribution in [0.25, 0.3) is 0 Å². The Kier molecular flexibility index (Phi) is 4.89. The van der Waals surface area contributed by atoms with Crippen molar-refractivity contribution in [1.29, 1.82) is 0 Å². The fourth-order valence-electron chi connectivity index (χ4n) is 2.58. The van der Waals surface area contributed by atoms with E-state index in [1.165, 1.54) is 4.31 Å². The Morgan fingerprint density at radius 3 is 2.59 bits per heavy atom. The van der Waals surface area contributed by atoms with Gasteiger partial charge in [-0.3, -0.25) is 4.79 Å². The summed E-state index contributed by atoms with van der Waals surface area (Å²) in [6, 6.07) is 9.63. The van der Waals surface area contributed by atoms with Gasteiger partial charge >= 0.3 is 0 Å². The van der Waals surface area contributed by atoms with Gasteiger partial charge in [-0.15, -0.1) is 0 Å². The maximum absolute atomic E-state index is 12.7. The van der Waals surface area contributed by atoms with Crippen molar-refractivity contribution in [1.82, 2.24) is 9.21 Å². The summed E-state index contributed by atoms with van der Waals surface area (Å²) in [5.74, 6) is -0.218. The molecule has 0 spiro atoms. The van der Waals surface area contributed by atoms with Crippen molar-refractivity contribution in [2.75, 3.05) is 33.0 Å². The SMILES string of the molecule is CN(Cc1ccccc1)C(=O)[C@@]1(C)CN(S(C)(=O)=O)CCO1. The first-order valence-electron chi connectivity index (χ1n) is 7.11. The van der Waals surface area contributed by atoms with Gasteiger partial charge in [0.05, 0.1) is 19.4 Å². The maximum atomic E-state index is 12.7. The molecule has 1 amide bonds. The first-order valence-corrected chi connectivity index (χ1v) is 8.96. The molecule has 2 rings (SSSR count). The lowest BCUT2D eigenvalue weighted by molar-refractivity contribution is -0.162. The molecule has 1 aliphatic heterocycles. The van der Waals surface area contributed by atoms with Crippen molar-refractivity contribution in [2.45, 2.75) is 19.1 Å². The number of sulfonamides is 1. The van der Waals surface area contributed by atoms with Gasteiger partial charge in [0.25, 0.3) is 5.91 Å². The molecule has 6 nitrogen and oxygen atoms in total. The lowest BCUT2D eigenvalue weighted by Crippen LogP contribution is -2.59. The van der Waals surface area contributed by atoms with E-state index >= 15 is 0 Å². The summed E-state index contributed by atoms with van der Waals surface area (Å²) in [6.07, 6.45) is 1.15. The molecule has 1 aromatic carbocycles. The molecule has 22 heavy (non-hydrogen) atoms. The topological polar surface area (TPSA) is 66.9 Å². The van der Waals surface area contributed by atoms with Crippen LogP contribution >= 0.6 is 0 Å². The zero-order valence-electron chi connectivity index (χ0n) is 13.2. The Balaban J connectivity index is 2.10. The van der Waals surface area contributed by atoms with E-state index in [4.69, 9.17) is 4.74 Å². The number of morpholine rings is 1. The average Bonchev–Trinajstić information content (AvgIpc) is 2.46. The molecule has 1 aliphatic rings. The molecule has 1 heterocycles. The minimum atomic E-state index is -3.33. The third kappa shape index (κ3) is 3.85. The lowest BCUT2D eigenvalue weighted by atomic mass is 10.0. The van der Waals surface area contributed by atoms with E-state index in [1.54, 1.807) is 18.9 Å². The average molecular weight is 326 g/mol. The van der Waals surface area contributed by atoms with Crippen molar-refractivity contribution in [3.05, 3.63) is 35.9 Å². The largest absolute Gasteiger partial charge is 0.363 e. The first kappa shape index (κ1) is 16.9. The number of hydrogen-bond donors (Lipinski definition) is 0. The van der Waals surface area contributed by atoms with Crippen LogP contribution in [0.1, 0.15) is 12.5 Å². The Morgan fingerprint density at radius 2 is 2.00 bits per heavy atom. The van der Waals surface area contributed by atoms with Gasteiger partial charge in [0.15, 0.2) is 5.60 Å². The number of ether oxygens (including phenoxy) is 1. The second kappa shape index (κ2) is 6.36. The number of likely N-dealkylation sites (N-methyl/N-ethyl adjacent to an activating group) is 1. The molecule has 0 bridgehead atoms. The summed E-state index contributed by atoms with van der Waals surface area (Å²) in [5, 5.41) is 0. The first-order chi connectivity index (χ1) is 10.2. The predicted molar refractivity (Wildman–Crippen MR) is 83.7 cm³/mol. The normalized spacial score (nSPS) is 23.2. The lowest BCUT2D eigenvalue weighted by Gasteiger charge is -2.40. The van der Waals surface area contributed by atoms with E-state index in [2.05, 4.69) is 0 Å². The van der Waals surface area contributed by atoms with Gasteiger partial charge in [0.1, 0.15) is 0 Å². The van der Waals surface area contributed by atoms with Crippen LogP contribution in [0, 0.1) is 0 Å². The standard InChI is InChI=1S/C15H22N2O4S/c1-15(12-17(9-10-21-15)22(3,19)20)14(18)16(2)11-13-7-5-4-6-8-13/h4-8H,9-12H2,1-3H3/t15-/m1/s1. The van der Waals surface area contributed by atoms with Gasteiger partial charge in [-0.2, -0.15) is 4.31 Å². The Bertz CT molecular complexity index is 632. The number of benzene rings is 1. The maximum Gasteiger partial charge on any atom is 0.255 e. The quantitative estimate of drug-likeness (QED) is 0.817. The molecule has 0 unspecified atom stereocenters. The summed E-state index contributed by atoms with van der Waals surface area (Å²) in [7, 11) is -1.63. The second-order valence-corrected chi connectivity index (χ2v) is 7.81. The molecular formula is C15H22N2O4S. The van der Waals surface area contributed by atoms with Crippen LogP contribution in [-0.4, -0.2) is 62.1 Å². The number of amides is 1. The highest BCUT2D eigenvalue weighted by Crippen LogP contribution is 2.22. The molecule has 0 aliphatic carbocycles. The van der Waals surface area contributed by atoms with Gasteiger partial charge in [-0.05, 0) is 12.5 Å². The number of carbonyl (C=O) groups excluding carboxylic acids is 1. The fraction of sp³-hybridized carbons (Fsp3) is 0.533. The highest BCUT2D eigenvalue weighted by atomic mass is 32.2. The van der Waals surface area contributed by atoms with Crippen LogP contribution in [0.15, 0.2) is 30.3 Å². The summed E-state index contributed by atoms with van der Waals surface area (Å²) < 4.78 is 30.3. The van der Waals surface area contributed by atoms with Gasteiger partial charge in [0, 0.05) is 20.1 Å². The Morgan fingerprint density at radius 1 is 1.36 bits per heavy atom. The molecule has 1 fully saturated rings. The Labute approximate surface area is 131 Å². The highest BCUT2D eigenvalue weighted by molar-refractivity contribution is 7.88. The van der Waals surface area contributed by atoms with Crippen LogP contribution in [0.2, 0.25) is 0 Å². The second-order valence-electron chi connectivity index (χ2n) is 5.82. The number of carbonyl (C=O) groups is 1. The minimum Gasteiger partial charge on any atom is -0.363 e. The summed E-state index contributed by atoms with van der Waals surface area (Å²) in [6.45, 7) is 2.65. The third-order valence-electron chi connectivity index (χ3n) is 3.77. The van der Waals surface area contributed by atoms with E-state index < -0.39 is 15.6 Å². The molecule has 7 heteroatoms. The summed E-state index contributed by atoms with van der Waals surface area (Å²) in [4.78, 5) is 14.2. The van der Waals surface area contributed by atoms with E-state index in [-0.39, 0.29) is 25.6 Å². The molecule has 1 saturated heterocycles. The number of rotatable bonds is 4. The van der Waals surface area contributed by atoms with Crippen molar-refractivity contribution < 1.29 is 17.9 Å². The van der Waals surface area contributed by atoms with E-state index in [9.17, 15) is 13.2 Å². The van der Waals surface area contributed by atoms with Crippen molar-refractivity contribution >= 4 is 15.9 Å². The number of hydrogen-bond acceptors (Lipinski definition) is 4. The zero-order chi connectivity index (χ0) is 16.4. The zero-order valence-corrected chi connectivity index (χ0v) is 14.0. The van der Waals surface area contributed by atoms with Crippen LogP contribution in [0.3, 0.4) is 0 Å². The van der Waals surface area contributed by atoms with Gasteiger partial charge < -0.3 is 9.64 Å². The molecule has 0 saturated carbocycles. The van der Waals surface area contributed by atoms with Gasteiger partial charge in [-0.1, -0.05) is 30.3 Å². The van der Waals surface area contributed by atoms with Crippen molar-refractivity contribution in [2.24, 2.45) is 0 Å². The molecular weight excluding hydrogens is 304 g/mol. The van der Waals surface area contributed by atoms with E-state index in [1.807, 2.05) is 30.3 Å². The molecule has 122 valence electrons. The van der Waals surface area contributed by atoms with Crippen LogP contribution in [-0.2, 0) is 26.1 Å². The summed E-state index contributed by atoms with van der Waals surface area (Å²) >= 11 is 0. The van der Waals surface area contributed by atoms with Gasteiger partial charge in [-0.25, -0.2) is 8.42 Å². The van der Waals surface area contributed by atoms with E-state index in [0.29, 0.717) is 6.54 Å². The minimum absolute atomic E-state index is 0.0454. The van der Waals surface area contributed by atoms with E-state index in [0.717, 1.165) is 11.8 Å². The van der Waals surface area contributed by atoms with Crippen LogP contribution in [0.4, 0.5) is 0 Å². The smallest absolute Gasteiger partial charge is 0.255 e. The molecule has 0 N–H and O–H groups in total. The number of nitrogens with zero attached hydrogens (tertiary/aromatic N) is 2. The molecule has 1 atom stereocenters. The fourth-order valence-corrected chi connectivity index (χ4v) is 3.47. The Hall–Kier alpha value is -1.44. The van der Waals surface area contributed by atoms with Gasteiger partial charge in [0.2, 0.25) is 10.0 Å². The van der Waals surface area contributed by atoms with Crippen molar-refractivity contribution in [3.8, 4) is 0 Å². The van der Waals surface area contributed by atoms with Crippen LogP contribution < -0.4 is 0 Å². The highest BCUT2D eigenvalue weighted by Gasteiger charge is 2.43. The third-order valence-corrected chi connectivity index (χ3v) is 5.02. The molecule has 1 aromatic rings. The van der Waals surface area contributed by atoms with Crippen LogP contribution in [0.5, 0.6) is 0 Å². The monoisotopic (exact) mass is 326 g/mol. The molecule has 0 radical (unpaired) electrons. The predicted octanol–water partition coefficient (Wildman–Crippen LogP) is 0.696. The van der Waals surface area contributed by atoms with Crippen molar-refractivity contribution in [3.63, 3.8) is 0 Å².